The van der Waals surface area contributed by atoms with Crippen molar-refractivity contribution in [3.8, 4) is 34.6 Å². The monoisotopic (exact) mass is 376 g/mol. The van der Waals surface area contributed by atoms with E-state index in [1.807, 2.05) is 48.5 Å². The Balaban J connectivity index is 1.71. The molecule has 2 N–H and O–H groups in total. The van der Waals surface area contributed by atoms with Crippen LogP contribution in [0, 0.1) is 4.77 Å². The molecular weight excluding hydrogens is 360 g/mol. The maximum atomic E-state index is 10.4. The fraction of sp³-hybridized carbons (Fsp3) is 0. The van der Waals surface area contributed by atoms with Crippen LogP contribution in [0.4, 0.5) is 0 Å². The second kappa shape index (κ2) is 7.01. The minimum absolute atomic E-state index is 0.257. The molecule has 5 nitrogen and oxygen atoms in total. The molecule has 0 aliphatic rings. The van der Waals surface area contributed by atoms with Crippen LogP contribution in [-0.2, 0) is 0 Å². The predicted octanol–water partition coefficient (Wildman–Crippen LogP) is 5.20. The molecule has 0 amide bonds. The van der Waals surface area contributed by atoms with Gasteiger partial charge in [0, 0.05) is 0 Å². The van der Waals surface area contributed by atoms with Crippen molar-refractivity contribution in [3.63, 3.8) is 0 Å². The van der Waals surface area contributed by atoms with Gasteiger partial charge in [-0.3, -0.25) is 9.13 Å². The molecule has 0 unspecified atom stereocenters. The number of hydrogen-bond donors (Lipinski definition) is 2. The number of aromatic nitrogens is 2. The Kier molecular flexibility index (Phi) is 4.40. The Morgan fingerprint density at radius 1 is 0.593 bits per heavy atom. The largest absolute Gasteiger partial charge is 0.490 e. The SMILES string of the molecule is Oc1c(O)n(-c2ccc(Oc3ccccc3)cc2)c(=S)n1-c1ccccc1. The van der Waals surface area contributed by atoms with Crippen molar-refractivity contribution in [2.45, 2.75) is 0 Å². The van der Waals surface area contributed by atoms with Crippen LogP contribution in [0.1, 0.15) is 0 Å². The normalized spacial score (nSPS) is 10.7. The molecule has 0 aliphatic heterocycles. The van der Waals surface area contributed by atoms with Crippen LogP contribution in [0.5, 0.6) is 23.3 Å². The number of imidazole rings is 1. The first kappa shape index (κ1) is 16.9. The maximum Gasteiger partial charge on any atom is 0.261 e. The van der Waals surface area contributed by atoms with Crippen LogP contribution in [0.15, 0.2) is 84.9 Å². The van der Waals surface area contributed by atoms with Crippen LogP contribution in [0.3, 0.4) is 0 Å². The number of ether oxygens (including phenoxy) is 1. The Morgan fingerprint density at radius 3 is 1.59 bits per heavy atom. The van der Waals surface area contributed by atoms with E-state index in [1.165, 1.54) is 9.13 Å². The molecule has 3 aromatic carbocycles. The fourth-order valence-electron chi connectivity index (χ4n) is 2.81. The molecule has 0 radical (unpaired) electrons. The van der Waals surface area contributed by atoms with Gasteiger partial charge in [0.1, 0.15) is 11.5 Å². The van der Waals surface area contributed by atoms with Gasteiger partial charge in [-0.1, -0.05) is 36.4 Å². The smallest absolute Gasteiger partial charge is 0.261 e. The predicted molar refractivity (Wildman–Crippen MR) is 106 cm³/mol. The zero-order valence-electron chi connectivity index (χ0n) is 14.2. The summed E-state index contributed by atoms with van der Waals surface area (Å²) in [6.45, 7) is 0. The lowest BCUT2D eigenvalue weighted by atomic mass is 10.3. The van der Waals surface area contributed by atoms with Gasteiger partial charge >= 0.3 is 0 Å². The van der Waals surface area contributed by atoms with Gasteiger partial charge in [0.05, 0.1) is 11.4 Å². The highest BCUT2D eigenvalue weighted by molar-refractivity contribution is 7.71. The third-order valence-electron chi connectivity index (χ3n) is 4.09. The first-order valence-corrected chi connectivity index (χ1v) is 8.70. The highest BCUT2D eigenvalue weighted by Crippen LogP contribution is 2.34. The minimum Gasteiger partial charge on any atom is -0.490 e. The molecule has 0 spiro atoms. The second-order valence-electron chi connectivity index (χ2n) is 5.85. The van der Waals surface area contributed by atoms with E-state index >= 15 is 0 Å². The second-order valence-corrected chi connectivity index (χ2v) is 6.21. The highest BCUT2D eigenvalue weighted by Gasteiger charge is 2.18. The maximum absolute atomic E-state index is 10.4. The molecule has 0 saturated carbocycles. The quantitative estimate of drug-likeness (QED) is 0.481. The van der Waals surface area contributed by atoms with Crippen LogP contribution in [0.2, 0.25) is 0 Å². The zero-order chi connectivity index (χ0) is 18.8. The molecule has 27 heavy (non-hydrogen) atoms. The summed E-state index contributed by atoms with van der Waals surface area (Å²) in [5.41, 5.74) is 1.28. The number of aromatic hydroxyl groups is 2. The molecule has 4 rings (SSSR count). The van der Waals surface area contributed by atoms with Crippen LogP contribution >= 0.6 is 12.2 Å². The molecule has 134 valence electrons. The summed E-state index contributed by atoms with van der Waals surface area (Å²) >= 11 is 5.48. The Morgan fingerprint density at radius 2 is 1.04 bits per heavy atom. The summed E-state index contributed by atoms with van der Waals surface area (Å²) in [6, 6.07) is 25.7. The number of nitrogens with zero attached hydrogens (tertiary/aromatic N) is 2. The summed E-state index contributed by atoms with van der Waals surface area (Å²) in [6.07, 6.45) is 0. The van der Waals surface area contributed by atoms with Crippen molar-refractivity contribution in [1.29, 1.82) is 0 Å². The molecule has 0 saturated heterocycles. The molecule has 0 fully saturated rings. The average molecular weight is 376 g/mol. The van der Waals surface area contributed by atoms with Gasteiger partial charge < -0.3 is 14.9 Å². The zero-order valence-corrected chi connectivity index (χ0v) is 15.0. The molecule has 0 aliphatic carbocycles. The van der Waals surface area contributed by atoms with Crippen LogP contribution < -0.4 is 4.74 Å². The van der Waals surface area contributed by atoms with E-state index < -0.39 is 0 Å². The van der Waals surface area contributed by atoms with Gasteiger partial charge in [0.15, 0.2) is 4.77 Å². The third-order valence-corrected chi connectivity index (χ3v) is 4.46. The van der Waals surface area contributed by atoms with Crippen molar-refractivity contribution in [1.82, 2.24) is 9.13 Å². The van der Waals surface area contributed by atoms with Gasteiger partial charge in [-0.25, -0.2) is 0 Å². The van der Waals surface area contributed by atoms with E-state index in [2.05, 4.69) is 0 Å². The molecule has 6 heteroatoms. The summed E-state index contributed by atoms with van der Waals surface area (Å²) in [5.74, 6) is 0.761. The van der Waals surface area contributed by atoms with Crippen molar-refractivity contribution in [2.75, 3.05) is 0 Å². The Hall–Kier alpha value is -3.51. The van der Waals surface area contributed by atoms with E-state index in [0.29, 0.717) is 17.1 Å². The number of rotatable bonds is 4. The van der Waals surface area contributed by atoms with Gasteiger partial charge in [0.25, 0.3) is 11.8 Å². The lowest BCUT2D eigenvalue weighted by molar-refractivity contribution is 0.373. The summed E-state index contributed by atoms with van der Waals surface area (Å²) in [7, 11) is 0. The number of benzene rings is 3. The van der Waals surface area contributed by atoms with Gasteiger partial charge in [0.2, 0.25) is 0 Å². The highest BCUT2D eigenvalue weighted by atomic mass is 32.1. The number of para-hydroxylation sites is 2. The Bertz CT molecular complexity index is 1120. The van der Waals surface area contributed by atoms with Crippen LogP contribution in [0.25, 0.3) is 11.4 Å². The molecule has 0 atom stereocenters. The topological polar surface area (TPSA) is 59.6 Å². The van der Waals surface area contributed by atoms with Crippen molar-refractivity contribution >= 4 is 12.2 Å². The van der Waals surface area contributed by atoms with E-state index in [1.54, 1.807) is 36.4 Å². The van der Waals surface area contributed by atoms with Crippen molar-refractivity contribution in [3.05, 3.63) is 89.7 Å². The van der Waals surface area contributed by atoms with Crippen LogP contribution in [-0.4, -0.2) is 19.3 Å². The fourth-order valence-corrected chi connectivity index (χ4v) is 3.20. The third kappa shape index (κ3) is 3.18. The molecule has 1 heterocycles. The van der Waals surface area contributed by atoms with E-state index in [4.69, 9.17) is 17.0 Å². The molecule has 4 aromatic rings. The molecule has 1 aromatic heterocycles. The first-order chi connectivity index (χ1) is 13.1. The minimum atomic E-state index is -0.319. The Labute approximate surface area is 161 Å². The number of hydrogen-bond acceptors (Lipinski definition) is 4. The van der Waals surface area contributed by atoms with Crippen molar-refractivity contribution < 1.29 is 14.9 Å². The lowest BCUT2D eigenvalue weighted by Gasteiger charge is -2.08. The standard InChI is InChI=1S/C21H16N2O3S/c24-19-20(25)23(21(27)22(19)15-7-3-1-4-8-15)16-11-13-18(14-12-16)26-17-9-5-2-6-10-17/h1-14,24-25H. The lowest BCUT2D eigenvalue weighted by Crippen LogP contribution is -1.98. The summed E-state index contributed by atoms with van der Waals surface area (Å²) in [5, 5.41) is 20.8. The van der Waals surface area contributed by atoms with Gasteiger partial charge in [-0.2, -0.15) is 0 Å². The average Bonchev–Trinajstić information content (AvgIpc) is 2.93. The summed E-state index contributed by atoms with van der Waals surface area (Å²) in [4.78, 5) is 0. The van der Waals surface area contributed by atoms with E-state index in [9.17, 15) is 10.2 Å². The summed E-state index contributed by atoms with van der Waals surface area (Å²) < 4.78 is 8.86. The molecular formula is C21H16N2O3S. The van der Waals surface area contributed by atoms with Gasteiger partial charge in [-0.05, 0) is 60.7 Å². The van der Waals surface area contributed by atoms with E-state index in [0.717, 1.165) is 5.75 Å². The molecule has 0 bridgehead atoms. The van der Waals surface area contributed by atoms with Crippen molar-refractivity contribution in [2.24, 2.45) is 0 Å². The first-order valence-electron chi connectivity index (χ1n) is 8.29. The van der Waals surface area contributed by atoms with E-state index in [-0.39, 0.29) is 16.5 Å². The van der Waals surface area contributed by atoms with Gasteiger partial charge in [-0.15, -0.1) is 0 Å².